The normalized spacial score (nSPS) is 13.3. The van der Waals surface area contributed by atoms with E-state index in [1.165, 1.54) is 18.3 Å². The Labute approximate surface area is 132 Å². The minimum absolute atomic E-state index is 0.0317. The van der Waals surface area contributed by atoms with E-state index in [1.54, 1.807) is 13.8 Å². The molecule has 0 fully saturated rings. The average Bonchev–Trinajstić information content (AvgIpc) is 2.73. The van der Waals surface area contributed by atoms with E-state index in [0.29, 0.717) is 5.76 Å². The van der Waals surface area contributed by atoms with Gasteiger partial charge in [0, 0.05) is 5.02 Å². The number of aromatic nitrogens is 1. The summed E-state index contributed by atoms with van der Waals surface area (Å²) in [5, 5.41) is 0.205. The highest BCUT2D eigenvalue weighted by molar-refractivity contribution is 7.89. The molecule has 3 N–H and O–H groups in total. The Bertz CT molecular complexity index is 751. The van der Waals surface area contributed by atoms with Crippen LogP contribution in [0.3, 0.4) is 0 Å². The second-order valence-corrected chi connectivity index (χ2v) is 6.95. The number of hydrogen-bond acceptors (Lipinski definition) is 5. The van der Waals surface area contributed by atoms with Crippen molar-refractivity contribution in [2.45, 2.75) is 24.8 Å². The van der Waals surface area contributed by atoms with Gasteiger partial charge < -0.3 is 10.2 Å². The maximum Gasteiger partial charge on any atom is 0.244 e. The number of nitrogens with two attached hydrogens (primary N) is 1. The summed E-state index contributed by atoms with van der Waals surface area (Å²) in [5.74, 6) is 0.833. The molecule has 0 radical (unpaired) electrons. The van der Waals surface area contributed by atoms with E-state index in [2.05, 4.69) is 9.71 Å². The Hall–Kier alpha value is -1.28. The van der Waals surface area contributed by atoms with Gasteiger partial charge in [0.15, 0.2) is 0 Å². The van der Waals surface area contributed by atoms with Crippen molar-refractivity contribution in [3.05, 3.63) is 40.0 Å². The quantitative estimate of drug-likeness (QED) is 0.826. The molecule has 0 amide bonds. The molecule has 1 heterocycles. The molecule has 0 aliphatic heterocycles. The fraction of sp³-hybridized carbons (Fsp3) is 0.250. The summed E-state index contributed by atoms with van der Waals surface area (Å²) in [7, 11) is -3.94. The minimum atomic E-state index is -3.94. The van der Waals surface area contributed by atoms with Crippen molar-refractivity contribution in [3.63, 3.8) is 0 Å². The highest BCUT2D eigenvalue weighted by Crippen LogP contribution is 2.31. The summed E-state index contributed by atoms with van der Waals surface area (Å²) in [6, 6.07) is 1.96. The van der Waals surface area contributed by atoms with Crippen molar-refractivity contribution in [2.75, 3.05) is 5.73 Å². The van der Waals surface area contributed by atoms with Crippen LogP contribution in [-0.2, 0) is 10.0 Å². The third-order valence-electron chi connectivity index (χ3n) is 2.65. The van der Waals surface area contributed by atoms with Crippen LogP contribution in [0.25, 0.3) is 0 Å². The summed E-state index contributed by atoms with van der Waals surface area (Å²) in [6.07, 6.45) is 1.50. The number of rotatable bonds is 4. The second kappa shape index (κ2) is 5.84. The largest absolute Gasteiger partial charge is 0.444 e. The minimum Gasteiger partial charge on any atom is -0.444 e. The van der Waals surface area contributed by atoms with Gasteiger partial charge in [-0.1, -0.05) is 23.2 Å². The van der Waals surface area contributed by atoms with Crippen LogP contribution < -0.4 is 10.5 Å². The molecule has 1 aromatic heterocycles. The van der Waals surface area contributed by atoms with Gasteiger partial charge in [-0.25, -0.2) is 13.4 Å². The third kappa shape index (κ3) is 3.49. The molecule has 0 aliphatic rings. The Morgan fingerprint density at radius 1 is 1.38 bits per heavy atom. The van der Waals surface area contributed by atoms with Gasteiger partial charge in [0.05, 0.1) is 22.9 Å². The van der Waals surface area contributed by atoms with Gasteiger partial charge in [0.1, 0.15) is 10.7 Å². The lowest BCUT2D eigenvalue weighted by molar-refractivity contribution is 0.428. The Morgan fingerprint density at radius 3 is 2.57 bits per heavy atom. The van der Waals surface area contributed by atoms with Crippen molar-refractivity contribution >= 4 is 38.9 Å². The first-order valence-corrected chi connectivity index (χ1v) is 8.14. The van der Waals surface area contributed by atoms with Crippen molar-refractivity contribution in [1.82, 2.24) is 9.71 Å². The summed E-state index contributed by atoms with van der Waals surface area (Å²) in [4.78, 5) is 3.75. The molecule has 0 aliphatic carbocycles. The van der Waals surface area contributed by atoms with Gasteiger partial charge in [0.25, 0.3) is 0 Å². The summed E-state index contributed by atoms with van der Waals surface area (Å²) < 4.78 is 32.5. The molecule has 2 aromatic rings. The first-order valence-electron chi connectivity index (χ1n) is 5.90. The molecule has 1 atom stereocenters. The van der Waals surface area contributed by atoms with Crippen molar-refractivity contribution in [3.8, 4) is 0 Å². The van der Waals surface area contributed by atoms with E-state index in [1.807, 2.05) is 0 Å². The zero-order valence-electron chi connectivity index (χ0n) is 11.2. The molecule has 21 heavy (non-hydrogen) atoms. The number of hydrogen-bond donors (Lipinski definition) is 2. The number of nitrogens with zero attached hydrogens (tertiary/aromatic N) is 1. The van der Waals surface area contributed by atoms with Crippen molar-refractivity contribution in [2.24, 2.45) is 0 Å². The number of oxazole rings is 1. The summed E-state index contributed by atoms with van der Waals surface area (Å²) in [6.45, 7) is 3.31. The van der Waals surface area contributed by atoms with Gasteiger partial charge in [-0.15, -0.1) is 0 Å². The average molecular weight is 350 g/mol. The molecule has 1 aromatic carbocycles. The maximum absolute atomic E-state index is 12.4. The van der Waals surface area contributed by atoms with Crippen LogP contribution >= 0.6 is 23.2 Å². The molecule has 0 saturated heterocycles. The van der Waals surface area contributed by atoms with Crippen LogP contribution in [0.1, 0.15) is 24.6 Å². The third-order valence-corrected chi connectivity index (χ3v) is 4.93. The van der Waals surface area contributed by atoms with E-state index in [0.717, 1.165) is 0 Å². The Morgan fingerprint density at radius 2 is 2.05 bits per heavy atom. The molecule has 1 unspecified atom stereocenters. The monoisotopic (exact) mass is 349 g/mol. The lowest BCUT2D eigenvalue weighted by atomic mass is 10.3. The lowest BCUT2D eigenvalue weighted by Crippen LogP contribution is -2.28. The summed E-state index contributed by atoms with van der Waals surface area (Å²) >= 11 is 11.7. The van der Waals surface area contributed by atoms with Crippen molar-refractivity contribution < 1.29 is 12.8 Å². The number of anilines is 1. The fourth-order valence-electron chi connectivity index (χ4n) is 1.78. The zero-order chi connectivity index (χ0) is 15.8. The molecular formula is C12H13Cl2N3O3S. The van der Waals surface area contributed by atoms with Crippen LogP contribution in [0.15, 0.2) is 27.6 Å². The van der Waals surface area contributed by atoms with Crippen LogP contribution in [0.2, 0.25) is 10.0 Å². The number of nitrogens with one attached hydrogen (secondary N) is 1. The highest BCUT2D eigenvalue weighted by atomic mass is 35.5. The second-order valence-electron chi connectivity index (χ2n) is 4.46. The van der Waals surface area contributed by atoms with Crippen LogP contribution in [0.5, 0.6) is 0 Å². The summed E-state index contributed by atoms with van der Waals surface area (Å²) in [5.41, 5.74) is 5.67. The molecule has 6 nitrogen and oxygen atoms in total. The fourth-order valence-corrected chi connectivity index (χ4v) is 3.96. The molecule has 2 rings (SSSR count). The maximum atomic E-state index is 12.4. The topological polar surface area (TPSA) is 98.2 Å². The molecule has 114 valence electrons. The van der Waals surface area contributed by atoms with Gasteiger partial charge in [-0.05, 0) is 26.0 Å². The molecule has 0 bridgehead atoms. The van der Waals surface area contributed by atoms with E-state index in [4.69, 9.17) is 33.4 Å². The van der Waals surface area contributed by atoms with Crippen LogP contribution in [-0.4, -0.2) is 13.4 Å². The first kappa shape index (κ1) is 16.1. The number of sulfonamides is 1. The number of nitrogen functional groups attached to an aromatic ring is 1. The lowest BCUT2D eigenvalue weighted by Gasteiger charge is -2.14. The molecule has 0 spiro atoms. The standard InChI is InChI=1S/C12H13Cl2N3O3S/c1-6-5-16-12(20-6)7(2)17-21(18,19)11-9(14)3-8(13)4-10(11)15/h3-5,7,17H,15H2,1-2H3. The van der Waals surface area contributed by atoms with Gasteiger partial charge >= 0.3 is 0 Å². The Balaban J connectivity index is 2.35. The van der Waals surface area contributed by atoms with E-state index >= 15 is 0 Å². The molecule has 9 heteroatoms. The van der Waals surface area contributed by atoms with E-state index < -0.39 is 16.1 Å². The van der Waals surface area contributed by atoms with Gasteiger partial charge in [0.2, 0.25) is 15.9 Å². The van der Waals surface area contributed by atoms with Crippen LogP contribution in [0, 0.1) is 6.92 Å². The first-order chi connectivity index (χ1) is 9.70. The van der Waals surface area contributed by atoms with Crippen molar-refractivity contribution in [1.29, 1.82) is 0 Å². The Kier molecular flexibility index (Phi) is 4.48. The zero-order valence-corrected chi connectivity index (χ0v) is 13.6. The number of halogens is 2. The SMILES string of the molecule is Cc1cnc(C(C)NS(=O)(=O)c2c(N)cc(Cl)cc2Cl)o1. The highest BCUT2D eigenvalue weighted by Gasteiger charge is 2.26. The number of aryl methyl sites for hydroxylation is 1. The smallest absolute Gasteiger partial charge is 0.244 e. The van der Waals surface area contributed by atoms with E-state index in [-0.39, 0.29) is 26.5 Å². The predicted molar refractivity (Wildman–Crippen MR) is 80.9 cm³/mol. The van der Waals surface area contributed by atoms with E-state index in [9.17, 15) is 8.42 Å². The number of benzene rings is 1. The van der Waals surface area contributed by atoms with Gasteiger partial charge in [-0.3, -0.25) is 0 Å². The predicted octanol–water partition coefficient (Wildman–Crippen LogP) is 2.91. The van der Waals surface area contributed by atoms with Crippen LogP contribution in [0.4, 0.5) is 5.69 Å². The van der Waals surface area contributed by atoms with Gasteiger partial charge in [-0.2, -0.15) is 4.72 Å². The molecule has 0 saturated carbocycles. The molecular weight excluding hydrogens is 337 g/mol.